The van der Waals surface area contributed by atoms with E-state index >= 15 is 0 Å². The van der Waals surface area contributed by atoms with Gasteiger partial charge in [0.2, 0.25) is 15.9 Å². The van der Waals surface area contributed by atoms with Crippen molar-refractivity contribution < 1.29 is 13.2 Å². The molecule has 0 aromatic heterocycles. The van der Waals surface area contributed by atoms with E-state index in [-0.39, 0.29) is 22.9 Å². The third kappa shape index (κ3) is 5.13. The summed E-state index contributed by atoms with van der Waals surface area (Å²) in [7, 11) is -3.54. The van der Waals surface area contributed by atoms with Gasteiger partial charge in [0.15, 0.2) is 0 Å². The molecule has 0 atom stereocenters. The Bertz CT molecular complexity index is 604. The molecule has 118 valence electrons. The summed E-state index contributed by atoms with van der Waals surface area (Å²) in [5.41, 5.74) is 0.554. The standard InChI is InChI=1S/C15H24N2O3S/c1-12-7-6-8-14(11-12)21(19,20)16-9-10-17(13(2)18)15(3,4)5/h6-8,11,16H,9-10H2,1-5H3. The van der Waals surface area contributed by atoms with E-state index in [1.807, 2.05) is 33.8 Å². The van der Waals surface area contributed by atoms with Crippen LogP contribution in [0.15, 0.2) is 29.2 Å². The molecule has 0 aliphatic carbocycles. The second-order valence-electron chi connectivity index (χ2n) is 6.06. The largest absolute Gasteiger partial charge is 0.337 e. The number of carbonyl (C=O) groups is 1. The normalized spacial score (nSPS) is 12.2. The van der Waals surface area contributed by atoms with Crippen LogP contribution in [0.5, 0.6) is 0 Å². The SMILES string of the molecule is CC(=O)N(CCNS(=O)(=O)c1cccc(C)c1)C(C)(C)C. The van der Waals surface area contributed by atoms with Gasteiger partial charge in [-0.1, -0.05) is 12.1 Å². The highest BCUT2D eigenvalue weighted by Crippen LogP contribution is 2.13. The van der Waals surface area contributed by atoms with Crippen molar-refractivity contribution in [1.82, 2.24) is 9.62 Å². The predicted molar refractivity (Wildman–Crippen MR) is 83.5 cm³/mol. The van der Waals surface area contributed by atoms with Gasteiger partial charge < -0.3 is 4.90 Å². The summed E-state index contributed by atoms with van der Waals surface area (Å²) in [5, 5.41) is 0. The lowest BCUT2D eigenvalue weighted by Crippen LogP contribution is -2.48. The number of aryl methyl sites for hydroxylation is 1. The van der Waals surface area contributed by atoms with Crippen LogP contribution < -0.4 is 4.72 Å². The summed E-state index contributed by atoms with van der Waals surface area (Å²) in [4.78, 5) is 13.5. The maximum atomic E-state index is 12.2. The molecule has 0 aliphatic heterocycles. The molecule has 21 heavy (non-hydrogen) atoms. The van der Waals surface area contributed by atoms with E-state index in [1.54, 1.807) is 23.1 Å². The summed E-state index contributed by atoms with van der Waals surface area (Å²) >= 11 is 0. The molecule has 0 saturated heterocycles. The van der Waals surface area contributed by atoms with E-state index in [9.17, 15) is 13.2 Å². The Balaban J connectivity index is 2.72. The van der Waals surface area contributed by atoms with Gasteiger partial charge in [-0.15, -0.1) is 0 Å². The van der Waals surface area contributed by atoms with Crippen molar-refractivity contribution in [2.75, 3.05) is 13.1 Å². The molecular formula is C15H24N2O3S. The van der Waals surface area contributed by atoms with Crippen molar-refractivity contribution in [3.63, 3.8) is 0 Å². The van der Waals surface area contributed by atoms with Crippen molar-refractivity contribution in [2.24, 2.45) is 0 Å². The quantitative estimate of drug-likeness (QED) is 0.903. The Morgan fingerprint density at radius 3 is 2.38 bits per heavy atom. The summed E-state index contributed by atoms with van der Waals surface area (Å²) in [6.45, 7) is 9.61. The van der Waals surface area contributed by atoms with E-state index in [4.69, 9.17) is 0 Å². The molecule has 0 fully saturated rings. The van der Waals surface area contributed by atoms with Crippen LogP contribution in [0.25, 0.3) is 0 Å². The fourth-order valence-electron chi connectivity index (χ4n) is 2.12. The molecule has 1 N–H and O–H groups in total. The Hall–Kier alpha value is -1.40. The Morgan fingerprint density at radius 1 is 1.29 bits per heavy atom. The Kier molecular flexibility index (Phi) is 5.53. The fourth-order valence-corrected chi connectivity index (χ4v) is 3.25. The van der Waals surface area contributed by atoms with Crippen LogP contribution >= 0.6 is 0 Å². The van der Waals surface area contributed by atoms with E-state index in [0.717, 1.165) is 5.56 Å². The third-order valence-electron chi connectivity index (χ3n) is 3.12. The van der Waals surface area contributed by atoms with E-state index in [2.05, 4.69) is 4.72 Å². The third-order valence-corrected chi connectivity index (χ3v) is 4.58. The van der Waals surface area contributed by atoms with Gasteiger partial charge in [-0.05, 0) is 45.4 Å². The van der Waals surface area contributed by atoms with Crippen molar-refractivity contribution in [1.29, 1.82) is 0 Å². The maximum Gasteiger partial charge on any atom is 0.240 e. The van der Waals surface area contributed by atoms with Crippen LogP contribution in [-0.4, -0.2) is 37.9 Å². The zero-order chi connectivity index (χ0) is 16.3. The van der Waals surface area contributed by atoms with Crippen LogP contribution in [0.2, 0.25) is 0 Å². The van der Waals surface area contributed by atoms with Crippen LogP contribution in [0.4, 0.5) is 0 Å². The number of sulfonamides is 1. The van der Waals surface area contributed by atoms with Gasteiger partial charge >= 0.3 is 0 Å². The summed E-state index contributed by atoms with van der Waals surface area (Å²) in [6, 6.07) is 6.73. The molecule has 0 saturated carbocycles. The highest BCUT2D eigenvalue weighted by molar-refractivity contribution is 7.89. The average molecular weight is 312 g/mol. The highest BCUT2D eigenvalue weighted by atomic mass is 32.2. The molecule has 1 amide bonds. The lowest BCUT2D eigenvalue weighted by molar-refractivity contribution is -0.133. The first-order chi connectivity index (χ1) is 9.54. The topological polar surface area (TPSA) is 66.5 Å². The minimum Gasteiger partial charge on any atom is -0.337 e. The second kappa shape index (κ2) is 6.58. The van der Waals surface area contributed by atoms with E-state index in [1.165, 1.54) is 6.92 Å². The van der Waals surface area contributed by atoms with Crippen LogP contribution in [0.3, 0.4) is 0 Å². The zero-order valence-electron chi connectivity index (χ0n) is 13.3. The molecule has 1 aromatic carbocycles. The first-order valence-corrected chi connectivity index (χ1v) is 8.37. The lowest BCUT2D eigenvalue weighted by Gasteiger charge is -2.35. The highest BCUT2D eigenvalue weighted by Gasteiger charge is 2.24. The Labute approximate surface area is 127 Å². The van der Waals surface area contributed by atoms with Crippen molar-refractivity contribution in [2.45, 2.75) is 45.1 Å². The molecular weight excluding hydrogens is 288 g/mol. The van der Waals surface area contributed by atoms with Crippen LogP contribution in [0, 0.1) is 6.92 Å². The molecule has 0 radical (unpaired) electrons. The molecule has 0 aliphatic rings. The van der Waals surface area contributed by atoms with Gasteiger partial charge in [0.25, 0.3) is 0 Å². The fraction of sp³-hybridized carbons (Fsp3) is 0.533. The molecule has 5 nitrogen and oxygen atoms in total. The number of carbonyl (C=O) groups excluding carboxylic acids is 1. The van der Waals surface area contributed by atoms with Gasteiger partial charge in [-0.3, -0.25) is 4.79 Å². The molecule has 0 spiro atoms. The molecule has 0 heterocycles. The smallest absolute Gasteiger partial charge is 0.240 e. The lowest BCUT2D eigenvalue weighted by atomic mass is 10.1. The van der Waals surface area contributed by atoms with E-state index < -0.39 is 10.0 Å². The van der Waals surface area contributed by atoms with Gasteiger partial charge in [0.1, 0.15) is 0 Å². The maximum absolute atomic E-state index is 12.2. The molecule has 0 bridgehead atoms. The average Bonchev–Trinajstić information content (AvgIpc) is 2.32. The number of amides is 1. The van der Waals surface area contributed by atoms with Gasteiger partial charge in [-0.25, -0.2) is 13.1 Å². The minimum absolute atomic E-state index is 0.0720. The Morgan fingerprint density at radius 2 is 1.90 bits per heavy atom. The van der Waals surface area contributed by atoms with Gasteiger partial charge in [0, 0.05) is 25.6 Å². The van der Waals surface area contributed by atoms with Crippen molar-refractivity contribution >= 4 is 15.9 Å². The summed E-state index contributed by atoms with van der Waals surface area (Å²) < 4.78 is 26.9. The number of rotatable bonds is 5. The zero-order valence-corrected chi connectivity index (χ0v) is 14.1. The number of hydrogen-bond donors (Lipinski definition) is 1. The molecule has 1 aromatic rings. The van der Waals surface area contributed by atoms with Crippen molar-refractivity contribution in [3.05, 3.63) is 29.8 Å². The molecule has 1 rings (SSSR count). The minimum atomic E-state index is -3.54. The molecule has 0 unspecified atom stereocenters. The first kappa shape index (κ1) is 17.7. The number of nitrogens with zero attached hydrogens (tertiary/aromatic N) is 1. The van der Waals surface area contributed by atoms with Crippen molar-refractivity contribution in [3.8, 4) is 0 Å². The number of benzene rings is 1. The van der Waals surface area contributed by atoms with E-state index in [0.29, 0.717) is 6.54 Å². The van der Waals surface area contributed by atoms with Crippen LogP contribution in [-0.2, 0) is 14.8 Å². The molecule has 6 heteroatoms. The first-order valence-electron chi connectivity index (χ1n) is 6.88. The second-order valence-corrected chi connectivity index (χ2v) is 7.82. The monoisotopic (exact) mass is 312 g/mol. The number of nitrogens with one attached hydrogen (secondary N) is 1. The number of hydrogen-bond acceptors (Lipinski definition) is 3. The van der Waals surface area contributed by atoms with Gasteiger partial charge in [-0.2, -0.15) is 0 Å². The van der Waals surface area contributed by atoms with Gasteiger partial charge in [0.05, 0.1) is 4.90 Å². The predicted octanol–water partition coefficient (Wildman–Crippen LogP) is 1.92. The van der Waals surface area contributed by atoms with Crippen LogP contribution in [0.1, 0.15) is 33.3 Å². The summed E-state index contributed by atoms with van der Waals surface area (Å²) in [6.07, 6.45) is 0. The summed E-state index contributed by atoms with van der Waals surface area (Å²) in [5.74, 6) is -0.0720.